The minimum atomic E-state index is -0.131. The Kier molecular flexibility index (Phi) is 3.51. The van der Waals surface area contributed by atoms with Crippen molar-refractivity contribution in [3.05, 3.63) is 36.7 Å². The third kappa shape index (κ3) is 3.28. The van der Waals surface area contributed by atoms with E-state index in [1.54, 1.807) is 11.0 Å². The third-order valence-corrected chi connectivity index (χ3v) is 3.59. The van der Waals surface area contributed by atoms with Crippen molar-refractivity contribution in [2.75, 3.05) is 6.73 Å². The van der Waals surface area contributed by atoms with Crippen molar-refractivity contribution in [1.29, 1.82) is 0 Å². The average Bonchev–Trinajstić information content (AvgIpc) is 3.01. The smallest absolute Gasteiger partial charge is 0.138 e. The lowest BCUT2D eigenvalue weighted by atomic mass is 10.1. The lowest BCUT2D eigenvalue weighted by molar-refractivity contribution is -0.0190. The van der Waals surface area contributed by atoms with Crippen LogP contribution in [-0.4, -0.2) is 32.1 Å². The van der Waals surface area contributed by atoms with Gasteiger partial charge in [-0.1, -0.05) is 0 Å². The fourth-order valence-electron chi connectivity index (χ4n) is 2.19. The van der Waals surface area contributed by atoms with E-state index in [0.717, 1.165) is 24.2 Å². The van der Waals surface area contributed by atoms with Crippen LogP contribution in [0.25, 0.3) is 5.69 Å². The Bertz CT molecular complexity index is 582. The van der Waals surface area contributed by atoms with Crippen LogP contribution in [0.15, 0.2) is 31.0 Å². The zero-order valence-electron chi connectivity index (χ0n) is 12.7. The minimum Gasteiger partial charge on any atom is -0.361 e. The van der Waals surface area contributed by atoms with E-state index < -0.39 is 0 Å². The van der Waals surface area contributed by atoms with Crippen LogP contribution in [-0.2, 0) is 10.3 Å². The van der Waals surface area contributed by atoms with Crippen molar-refractivity contribution >= 4 is 0 Å². The molecule has 1 aliphatic carbocycles. The first-order valence-electron chi connectivity index (χ1n) is 7.19. The molecule has 2 heterocycles. The lowest BCUT2D eigenvalue weighted by Crippen LogP contribution is -2.35. The average molecular weight is 287 g/mol. The fourth-order valence-corrected chi connectivity index (χ4v) is 2.19. The predicted octanol–water partition coefficient (Wildman–Crippen LogP) is 2.01. The molecule has 1 N–H and O–H groups in total. The van der Waals surface area contributed by atoms with Gasteiger partial charge in [0.1, 0.15) is 12.7 Å². The SMILES string of the molecule is CC(C)(C)OCNC1(c2ccc(-n3cncn3)cn2)CC1. The number of aromatic nitrogens is 4. The molecule has 0 unspecified atom stereocenters. The molecule has 0 spiro atoms. The van der Waals surface area contributed by atoms with Gasteiger partial charge in [0, 0.05) is 0 Å². The van der Waals surface area contributed by atoms with Gasteiger partial charge in [-0.2, -0.15) is 5.10 Å². The zero-order chi connectivity index (χ0) is 14.9. The van der Waals surface area contributed by atoms with E-state index in [9.17, 15) is 0 Å². The largest absolute Gasteiger partial charge is 0.361 e. The summed E-state index contributed by atoms with van der Waals surface area (Å²) in [6, 6.07) is 4.07. The molecule has 21 heavy (non-hydrogen) atoms. The maximum atomic E-state index is 5.75. The van der Waals surface area contributed by atoms with Crippen LogP contribution >= 0.6 is 0 Å². The molecule has 0 atom stereocenters. The number of pyridine rings is 1. The molecule has 0 aliphatic heterocycles. The molecule has 6 heteroatoms. The van der Waals surface area contributed by atoms with Gasteiger partial charge in [0.15, 0.2) is 0 Å². The van der Waals surface area contributed by atoms with Gasteiger partial charge in [-0.3, -0.25) is 10.3 Å². The second-order valence-electron chi connectivity index (χ2n) is 6.40. The van der Waals surface area contributed by atoms with Crippen LogP contribution < -0.4 is 5.32 Å². The van der Waals surface area contributed by atoms with E-state index in [2.05, 4.69) is 41.2 Å². The molecule has 6 nitrogen and oxygen atoms in total. The monoisotopic (exact) mass is 287 g/mol. The molecule has 3 rings (SSSR count). The van der Waals surface area contributed by atoms with Gasteiger partial charge in [-0.05, 0) is 45.7 Å². The molecule has 2 aromatic heterocycles. The molecule has 1 fully saturated rings. The summed E-state index contributed by atoms with van der Waals surface area (Å²) < 4.78 is 7.45. The van der Waals surface area contributed by atoms with Crippen molar-refractivity contribution in [3.8, 4) is 5.69 Å². The number of hydrogen-bond acceptors (Lipinski definition) is 5. The Morgan fingerprint density at radius 1 is 1.33 bits per heavy atom. The predicted molar refractivity (Wildman–Crippen MR) is 78.9 cm³/mol. The Labute approximate surface area is 124 Å². The van der Waals surface area contributed by atoms with Crippen molar-refractivity contribution in [2.45, 2.75) is 44.8 Å². The van der Waals surface area contributed by atoms with E-state index in [4.69, 9.17) is 4.74 Å². The van der Waals surface area contributed by atoms with Gasteiger partial charge in [-0.15, -0.1) is 0 Å². The van der Waals surface area contributed by atoms with Gasteiger partial charge in [0.05, 0.1) is 35.4 Å². The highest BCUT2D eigenvalue weighted by molar-refractivity contribution is 5.32. The lowest BCUT2D eigenvalue weighted by Gasteiger charge is -2.23. The standard InChI is InChI=1S/C15H21N5O/c1-14(2,3)21-11-18-15(6-7-15)13-5-4-12(8-17-13)20-10-16-9-19-20/h4-5,8-10,18H,6-7,11H2,1-3H3. The summed E-state index contributed by atoms with van der Waals surface area (Å²) in [6.07, 6.45) is 7.20. The van der Waals surface area contributed by atoms with Crippen LogP contribution in [0.2, 0.25) is 0 Å². The summed E-state index contributed by atoms with van der Waals surface area (Å²) in [5.74, 6) is 0. The van der Waals surface area contributed by atoms with Crippen LogP contribution in [0.5, 0.6) is 0 Å². The molecule has 2 aromatic rings. The Balaban J connectivity index is 1.66. The molecular formula is C15H21N5O. The molecule has 0 amide bonds. The number of nitrogens with zero attached hydrogens (tertiary/aromatic N) is 4. The summed E-state index contributed by atoms with van der Waals surface area (Å²) in [5.41, 5.74) is 1.82. The molecule has 1 saturated carbocycles. The summed E-state index contributed by atoms with van der Waals surface area (Å²) in [6.45, 7) is 6.70. The maximum absolute atomic E-state index is 5.75. The number of nitrogens with one attached hydrogen (secondary N) is 1. The summed E-state index contributed by atoms with van der Waals surface area (Å²) in [5, 5.41) is 7.58. The number of hydrogen-bond donors (Lipinski definition) is 1. The molecule has 0 saturated heterocycles. The first kappa shape index (κ1) is 14.2. The first-order chi connectivity index (χ1) is 9.99. The van der Waals surface area contributed by atoms with Gasteiger partial charge in [0.2, 0.25) is 0 Å². The van der Waals surface area contributed by atoms with Gasteiger partial charge >= 0.3 is 0 Å². The van der Waals surface area contributed by atoms with Crippen molar-refractivity contribution in [3.63, 3.8) is 0 Å². The topological polar surface area (TPSA) is 64.9 Å². The van der Waals surface area contributed by atoms with Crippen LogP contribution in [0.1, 0.15) is 39.3 Å². The molecule has 112 valence electrons. The maximum Gasteiger partial charge on any atom is 0.138 e. The van der Waals surface area contributed by atoms with E-state index in [-0.39, 0.29) is 11.1 Å². The Hall–Kier alpha value is -1.79. The first-order valence-corrected chi connectivity index (χ1v) is 7.19. The van der Waals surface area contributed by atoms with Crippen LogP contribution in [0.3, 0.4) is 0 Å². The minimum absolute atomic E-state index is 0.0217. The van der Waals surface area contributed by atoms with Crippen molar-refractivity contribution in [2.24, 2.45) is 0 Å². The van der Waals surface area contributed by atoms with E-state index in [1.165, 1.54) is 6.33 Å². The second kappa shape index (κ2) is 5.20. The summed E-state index contributed by atoms with van der Waals surface area (Å²) >= 11 is 0. The number of rotatable bonds is 5. The van der Waals surface area contributed by atoms with Gasteiger partial charge < -0.3 is 4.74 Å². The zero-order valence-corrected chi connectivity index (χ0v) is 12.7. The van der Waals surface area contributed by atoms with E-state index in [1.807, 2.05) is 18.3 Å². The normalized spacial score (nSPS) is 16.9. The highest BCUT2D eigenvalue weighted by Gasteiger charge is 2.45. The highest BCUT2D eigenvalue weighted by atomic mass is 16.5. The fraction of sp³-hybridized carbons (Fsp3) is 0.533. The Morgan fingerprint density at radius 3 is 2.67 bits per heavy atom. The molecule has 0 bridgehead atoms. The summed E-state index contributed by atoms with van der Waals surface area (Å²) in [7, 11) is 0. The van der Waals surface area contributed by atoms with Gasteiger partial charge in [0.25, 0.3) is 0 Å². The second-order valence-corrected chi connectivity index (χ2v) is 6.40. The molecule has 1 aliphatic rings. The molecular weight excluding hydrogens is 266 g/mol. The third-order valence-electron chi connectivity index (χ3n) is 3.59. The van der Waals surface area contributed by atoms with E-state index >= 15 is 0 Å². The summed E-state index contributed by atoms with van der Waals surface area (Å²) in [4.78, 5) is 8.52. The Morgan fingerprint density at radius 2 is 2.14 bits per heavy atom. The van der Waals surface area contributed by atoms with Gasteiger partial charge in [-0.25, -0.2) is 9.67 Å². The molecule has 0 aromatic carbocycles. The van der Waals surface area contributed by atoms with Crippen LogP contribution in [0.4, 0.5) is 0 Å². The molecule has 0 radical (unpaired) electrons. The number of ether oxygens (including phenoxy) is 1. The van der Waals surface area contributed by atoms with Crippen molar-refractivity contribution < 1.29 is 4.74 Å². The highest BCUT2D eigenvalue weighted by Crippen LogP contribution is 2.44. The van der Waals surface area contributed by atoms with Crippen molar-refractivity contribution in [1.82, 2.24) is 25.1 Å². The van der Waals surface area contributed by atoms with E-state index in [0.29, 0.717) is 6.73 Å². The quantitative estimate of drug-likeness (QED) is 0.852. The van der Waals surface area contributed by atoms with Crippen LogP contribution in [0, 0.1) is 0 Å².